The predicted molar refractivity (Wildman–Crippen MR) is 72.4 cm³/mol. The molecule has 2 rings (SSSR count). The number of nitrogens with one attached hydrogen (secondary N) is 1. The van der Waals surface area contributed by atoms with Gasteiger partial charge in [-0.2, -0.15) is 5.10 Å². The molecule has 0 spiro atoms. The molecule has 0 atom stereocenters. The summed E-state index contributed by atoms with van der Waals surface area (Å²) in [5.74, 6) is -2.58. The van der Waals surface area contributed by atoms with E-state index in [0.717, 1.165) is 35.3 Å². The number of nitrogens with zero attached hydrogens (tertiary/aromatic N) is 2. The van der Waals surface area contributed by atoms with E-state index in [4.69, 9.17) is 5.11 Å². The normalized spacial score (nSPS) is 11.7. The van der Waals surface area contributed by atoms with Gasteiger partial charge in [0.2, 0.25) is 0 Å². The average Bonchev–Trinajstić information content (AvgIpc) is 2.89. The minimum atomic E-state index is -4.18. The fourth-order valence-corrected chi connectivity index (χ4v) is 2.69. The molecule has 2 N–H and O–H groups in total. The Bertz CT molecular complexity index is 836. The second-order valence-electron chi connectivity index (χ2n) is 4.39. The minimum absolute atomic E-state index is 0.189. The lowest BCUT2D eigenvalue weighted by Gasteiger charge is -2.07. The molecule has 0 saturated carbocycles. The third-order valence-electron chi connectivity index (χ3n) is 2.69. The zero-order valence-electron chi connectivity index (χ0n) is 11.3. The quantitative estimate of drug-likeness (QED) is 0.828. The van der Waals surface area contributed by atoms with E-state index in [1.165, 1.54) is 0 Å². The fraction of sp³-hybridized carbons (Fsp3) is 0.167. The number of hydrogen-bond donors (Lipinski definition) is 2. The number of hydrogen-bond acceptors (Lipinski definition) is 4. The molecule has 0 fully saturated rings. The predicted octanol–water partition coefficient (Wildman–Crippen LogP) is 1.79. The molecular weight excluding hydrogens is 339 g/mol. The van der Waals surface area contributed by atoms with Crippen molar-refractivity contribution >= 4 is 21.7 Å². The summed E-state index contributed by atoms with van der Waals surface area (Å²) in [5.41, 5.74) is -0.899. The molecule has 124 valence electrons. The van der Waals surface area contributed by atoms with Crippen LogP contribution in [0.15, 0.2) is 35.5 Å². The summed E-state index contributed by atoms with van der Waals surface area (Å²) in [7, 11) is -4.18. The van der Waals surface area contributed by atoms with Crippen LogP contribution in [-0.2, 0) is 16.6 Å². The summed E-state index contributed by atoms with van der Waals surface area (Å²) in [6.45, 7) is -0.769. The standard InChI is InChI=1S/C12H10F3N3O4S/c13-10-2-1-7(3-9(10)12(19)20)17-23(21,22)8-4-16-18(5-8)6-11(14)15/h1-5,11,17H,6H2,(H,19,20). The van der Waals surface area contributed by atoms with Crippen LogP contribution < -0.4 is 4.72 Å². The number of benzene rings is 1. The Morgan fingerprint density at radius 1 is 1.39 bits per heavy atom. The van der Waals surface area contributed by atoms with Crippen molar-refractivity contribution in [3.05, 3.63) is 42.0 Å². The third kappa shape index (κ3) is 4.00. The molecule has 7 nitrogen and oxygen atoms in total. The van der Waals surface area contributed by atoms with Crippen LogP contribution >= 0.6 is 0 Å². The molecule has 23 heavy (non-hydrogen) atoms. The number of carbonyl (C=O) groups is 1. The number of alkyl halides is 2. The first-order chi connectivity index (χ1) is 10.7. The fourth-order valence-electron chi connectivity index (χ4n) is 1.69. The third-order valence-corrected chi connectivity index (χ3v) is 4.03. The summed E-state index contributed by atoms with van der Waals surface area (Å²) in [5, 5.41) is 12.3. The van der Waals surface area contributed by atoms with Crippen molar-refractivity contribution in [1.82, 2.24) is 9.78 Å². The van der Waals surface area contributed by atoms with Gasteiger partial charge in [0.25, 0.3) is 16.4 Å². The van der Waals surface area contributed by atoms with Gasteiger partial charge in [0.1, 0.15) is 17.3 Å². The zero-order chi connectivity index (χ0) is 17.2. The largest absolute Gasteiger partial charge is 0.478 e. The van der Waals surface area contributed by atoms with Crippen molar-refractivity contribution in [1.29, 1.82) is 0 Å². The highest BCUT2D eigenvalue weighted by Crippen LogP contribution is 2.19. The molecular formula is C12H10F3N3O4S. The maximum atomic E-state index is 13.3. The van der Waals surface area contributed by atoms with E-state index in [2.05, 4.69) is 5.10 Å². The smallest absolute Gasteiger partial charge is 0.338 e. The maximum Gasteiger partial charge on any atom is 0.338 e. The molecule has 1 heterocycles. The molecule has 1 aromatic carbocycles. The van der Waals surface area contributed by atoms with Gasteiger partial charge in [-0.25, -0.2) is 26.4 Å². The van der Waals surface area contributed by atoms with E-state index in [-0.39, 0.29) is 10.6 Å². The number of carboxylic acid groups (broad SMARTS) is 1. The highest BCUT2D eigenvalue weighted by Gasteiger charge is 2.19. The molecule has 0 radical (unpaired) electrons. The molecule has 1 aromatic heterocycles. The lowest BCUT2D eigenvalue weighted by Crippen LogP contribution is -2.13. The van der Waals surface area contributed by atoms with Crippen molar-refractivity contribution in [2.75, 3.05) is 4.72 Å². The van der Waals surface area contributed by atoms with Gasteiger partial charge < -0.3 is 5.11 Å². The molecule has 0 aliphatic heterocycles. The Balaban J connectivity index is 2.26. The van der Waals surface area contributed by atoms with Gasteiger partial charge in [0, 0.05) is 11.9 Å². The first-order valence-corrected chi connectivity index (χ1v) is 7.53. The van der Waals surface area contributed by atoms with Crippen LogP contribution in [0, 0.1) is 5.82 Å². The van der Waals surface area contributed by atoms with Gasteiger partial charge in [-0.15, -0.1) is 0 Å². The Hall–Kier alpha value is -2.56. The van der Waals surface area contributed by atoms with E-state index in [1.54, 1.807) is 0 Å². The minimum Gasteiger partial charge on any atom is -0.478 e. The highest BCUT2D eigenvalue weighted by atomic mass is 32.2. The monoisotopic (exact) mass is 349 g/mol. The van der Waals surface area contributed by atoms with E-state index in [0.29, 0.717) is 0 Å². The maximum absolute atomic E-state index is 13.3. The number of anilines is 1. The Kier molecular flexibility index (Phi) is 4.59. The van der Waals surface area contributed by atoms with Crippen LogP contribution in [0.4, 0.5) is 18.9 Å². The molecule has 2 aromatic rings. The first kappa shape index (κ1) is 16.8. The zero-order valence-corrected chi connectivity index (χ0v) is 12.1. The van der Waals surface area contributed by atoms with Gasteiger partial charge in [0.05, 0.1) is 11.8 Å². The van der Waals surface area contributed by atoms with Crippen LogP contribution in [0.3, 0.4) is 0 Å². The molecule has 0 saturated heterocycles. The summed E-state index contributed by atoms with van der Waals surface area (Å²) in [4.78, 5) is 10.4. The summed E-state index contributed by atoms with van der Waals surface area (Å²) in [6, 6.07) is 2.63. The summed E-state index contributed by atoms with van der Waals surface area (Å²) in [6.07, 6.45) is -0.934. The number of rotatable bonds is 6. The van der Waals surface area contributed by atoms with Crippen molar-refractivity contribution in [2.45, 2.75) is 17.9 Å². The number of aromatic nitrogens is 2. The van der Waals surface area contributed by atoms with E-state index in [1.807, 2.05) is 4.72 Å². The van der Waals surface area contributed by atoms with Crippen LogP contribution in [0.2, 0.25) is 0 Å². The van der Waals surface area contributed by atoms with Crippen LogP contribution in [0.1, 0.15) is 10.4 Å². The topological polar surface area (TPSA) is 101 Å². The van der Waals surface area contributed by atoms with Crippen LogP contribution in [0.5, 0.6) is 0 Å². The molecule has 0 unspecified atom stereocenters. The lowest BCUT2D eigenvalue weighted by atomic mass is 10.2. The van der Waals surface area contributed by atoms with Gasteiger partial charge in [-0.05, 0) is 18.2 Å². The number of aromatic carboxylic acids is 1. The lowest BCUT2D eigenvalue weighted by molar-refractivity contribution is 0.0692. The van der Waals surface area contributed by atoms with Crippen molar-refractivity contribution < 1.29 is 31.5 Å². The van der Waals surface area contributed by atoms with Gasteiger partial charge >= 0.3 is 5.97 Å². The average molecular weight is 349 g/mol. The molecule has 0 amide bonds. The molecule has 0 aliphatic carbocycles. The number of carboxylic acids is 1. The summed E-state index contributed by atoms with van der Waals surface area (Å²) >= 11 is 0. The second-order valence-corrected chi connectivity index (χ2v) is 6.08. The Morgan fingerprint density at radius 3 is 2.70 bits per heavy atom. The molecule has 0 aliphatic rings. The van der Waals surface area contributed by atoms with Crippen LogP contribution in [0.25, 0.3) is 0 Å². The van der Waals surface area contributed by atoms with E-state index >= 15 is 0 Å². The van der Waals surface area contributed by atoms with Crippen LogP contribution in [-0.4, -0.2) is 35.7 Å². The summed E-state index contributed by atoms with van der Waals surface area (Å²) < 4.78 is 64.6. The molecule has 11 heteroatoms. The van der Waals surface area contributed by atoms with Crippen molar-refractivity contribution in [3.63, 3.8) is 0 Å². The first-order valence-electron chi connectivity index (χ1n) is 6.05. The Labute approximate surface area is 128 Å². The van der Waals surface area contributed by atoms with Gasteiger partial charge in [-0.3, -0.25) is 9.40 Å². The van der Waals surface area contributed by atoms with E-state index < -0.39 is 40.3 Å². The molecule has 0 bridgehead atoms. The van der Waals surface area contributed by atoms with Crippen molar-refractivity contribution in [3.8, 4) is 0 Å². The van der Waals surface area contributed by atoms with Crippen molar-refractivity contribution in [2.24, 2.45) is 0 Å². The van der Waals surface area contributed by atoms with Gasteiger partial charge in [-0.1, -0.05) is 0 Å². The number of halogens is 3. The van der Waals surface area contributed by atoms with Gasteiger partial charge in [0.15, 0.2) is 0 Å². The number of sulfonamides is 1. The highest BCUT2D eigenvalue weighted by molar-refractivity contribution is 7.92. The Morgan fingerprint density at radius 2 is 2.09 bits per heavy atom. The second kappa shape index (κ2) is 6.28. The SMILES string of the molecule is O=C(O)c1cc(NS(=O)(=O)c2cnn(CC(F)F)c2)ccc1F. The van der Waals surface area contributed by atoms with E-state index in [9.17, 15) is 26.4 Å².